The molecule has 14 rings (SSSR count). The van der Waals surface area contributed by atoms with Crippen LogP contribution in [0.25, 0.3) is 45.8 Å². The number of benzene rings is 1. The van der Waals surface area contributed by atoms with Crippen LogP contribution in [-0.4, -0.2) is 146 Å². The molecule has 558 valence electrons. The van der Waals surface area contributed by atoms with Crippen molar-refractivity contribution in [3.8, 4) is 34.9 Å². The van der Waals surface area contributed by atoms with Crippen LogP contribution in [0.5, 0.6) is 0 Å². The molecule has 1 aromatic carbocycles. The van der Waals surface area contributed by atoms with Crippen LogP contribution in [-0.2, 0) is 130 Å². The maximum Gasteiger partial charge on any atom is 0.354 e. The Bertz CT molecular complexity index is 4150. The van der Waals surface area contributed by atoms with Gasteiger partial charge in [0.2, 0.25) is 0 Å². The zero-order valence-corrected chi connectivity index (χ0v) is 71.3. The van der Waals surface area contributed by atoms with E-state index < -0.39 is 11.4 Å². The Morgan fingerprint density at radius 1 is 0.410 bits per heavy atom. The van der Waals surface area contributed by atoms with Crippen LogP contribution in [0, 0.1) is 48.7 Å². The molecule has 0 amide bonds. The fourth-order valence-electron chi connectivity index (χ4n) is 6.94. The van der Waals surface area contributed by atoms with Gasteiger partial charge in [0.05, 0.1) is 17.4 Å². The summed E-state index contributed by atoms with van der Waals surface area (Å²) in [5.41, 5.74) is 0.453. The second-order valence-corrected chi connectivity index (χ2v) is 21.6. The van der Waals surface area contributed by atoms with Crippen molar-refractivity contribution in [3.05, 3.63) is 300 Å². The average molecular weight is 2480 g/mol. The van der Waals surface area contributed by atoms with Crippen LogP contribution in [0.2, 0.25) is 0 Å². The number of carboxylic acids is 1. The van der Waals surface area contributed by atoms with Gasteiger partial charge in [-0.15, -0.1) is 17.5 Å². The summed E-state index contributed by atoms with van der Waals surface area (Å²) in [6.45, 7) is 14.0. The number of hydrogen-bond donors (Lipinski definition) is 3. The summed E-state index contributed by atoms with van der Waals surface area (Å²) in [5, 5.41) is 56.0. The predicted octanol–water partition coefficient (Wildman–Crippen LogP) is 10.0. The van der Waals surface area contributed by atoms with E-state index in [1.807, 2.05) is 162 Å². The van der Waals surface area contributed by atoms with Gasteiger partial charge in [0, 0.05) is 280 Å². The van der Waals surface area contributed by atoms with Crippen LogP contribution < -0.4 is 0 Å². The maximum absolute atomic E-state index is 11.5. The number of carboxylic acid groups (broad SMARTS) is 1. The van der Waals surface area contributed by atoms with Gasteiger partial charge in [-0.05, 0) is 56.3 Å². The van der Waals surface area contributed by atoms with Gasteiger partial charge in [-0.3, -0.25) is 29.5 Å². The van der Waals surface area contributed by atoms with E-state index >= 15 is 0 Å². The molecule has 105 heavy (non-hydrogen) atoms. The number of hydrogen-bond acceptors (Lipinski definition) is 22. The van der Waals surface area contributed by atoms with Gasteiger partial charge in [-0.1, -0.05) is 151 Å². The summed E-state index contributed by atoms with van der Waals surface area (Å²) in [7, 11) is 0. The topological polar surface area (TPSA) is 361 Å². The number of nitrogens with zero attached hydrogens (tertiary/aromatic N) is 23. The minimum Gasteiger partial charge on any atom is -0.512 e. The van der Waals surface area contributed by atoms with E-state index in [1.54, 1.807) is 110 Å². The average Bonchev–Trinajstić information content (AvgIpc) is 1.68. The molecule has 0 saturated heterocycles. The number of pyridine rings is 6. The van der Waals surface area contributed by atoms with Crippen molar-refractivity contribution in [3.63, 3.8) is 0 Å². The Morgan fingerprint density at radius 2 is 0.800 bits per heavy atom. The minimum absolute atomic E-state index is 0. The number of aliphatic hydroxyl groups is 2. The molecule has 14 aromatic rings. The van der Waals surface area contributed by atoms with E-state index in [0.29, 0.717) is 5.82 Å². The molecule has 3 N–H and O–H groups in total. The molecule has 6 radical (unpaired) electrons. The van der Waals surface area contributed by atoms with Gasteiger partial charge in [-0.2, -0.15) is 0 Å². The van der Waals surface area contributed by atoms with E-state index in [2.05, 4.69) is 136 Å². The summed E-state index contributed by atoms with van der Waals surface area (Å²) in [5.74, 6) is 3.78. The first-order valence-electron chi connectivity index (χ1n) is 29.6. The van der Waals surface area contributed by atoms with Crippen LogP contribution in [0.1, 0.15) is 65.9 Å². The van der Waals surface area contributed by atoms with Crippen LogP contribution >= 0.6 is 0 Å². The van der Waals surface area contributed by atoms with Gasteiger partial charge in [0.15, 0.2) is 11.6 Å². The Balaban J connectivity index is 0.00000116. The number of aliphatic hydroxyl groups excluding tert-OH is 2. The first-order chi connectivity index (χ1) is 47.8. The van der Waals surface area contributed by atoms with Crippen molar-refractivity contribution < 1.29 is 150 Å². The number of aromatic nitrogens is 23. The summed E-state index contributed by atoms with van der Waals surface area (Å²) >= 11 is 0. The molecule has 0 saturated carbocycles. The molecule has 0 aliphatic rings. The summed E-state index contributed by atoms with van der Waals surface area (Å²) < 4.78 is 10.1. The van der Waals surface area contributed by atoms with Gasteiger partial charge in [0.25, 0.3) is 0 Å². The molecule has 0 fully saturated rings. The first kappa shape index (κ1) is 95.3. The predicted molar refractivity (Wildman–Crippen MR) is 363 cm³/mol. The van der Waals surface area contributed by atoms with Gasteiger partial charge >= 0.3 is 5.97 Å². The number of fused-ring (bicyclic) bond motifs is 1. The van der Waals surface area contributed by atoms with Crippen molar-refractivity contribution in [2.75, 3.05) is 0 Å². The number of carbonyl (C=O) groups excluding carboxylic acids is 2. The third-order valence-corrected chi connectivity index (χ3v) is 11.8. The van der Waals surface area contributed by atoms with E-state index in [1.165, 1.54) is 50.0 Å². The minimum atomic E-state index is -0.990. The molecule has 13 heterocycles. The summed E-state index contributed by atoms with van der Waals surface area (Å²) in [6, 6.07) is 43.3. The smallest absolute Gasteiger partial charge is 0.354 e. The molecule has 35 heteroatoms. The molecule has 0 unspecified atom stereocenters. The fourth-order valence-corrected chi connectivity index (χ4v) is 6.94. The normalized spacial score (nSPS) is 9.98. The largest absolute Gasteiger partial charge is 0.512 e. The van der Waals surface area contributed by atoms with Crippen LogP contribution in [0.4, 0.5) is 0 Å². The molecule has 0 aliphatic carbocycles. The standard InChI is InChI=1S/C13H9N2.C11H20O2.C8H6N3.3C7H5N4.C6H4N5.C6H5NO2.C5H8O2.6Ir/c1-2-6-12-11(5-1)8-10-15(12)13-7-3-4-9-14-13;1-10(2,3)8(12)7-9(13)11(4,5)6;1-2-4-10-8(3-1)11-6-5-9-7-11;3*1-2-4-8-7(3-1)11-5-9-10-6-11;1-2-8-6(3-7-1)11-4-9-10-5-11;8-6(9)5-3-1-2-4-7-5;1-4(6)3-5(2)7;;;;;;/h1-9H;7,12H,1-6H3;1-6H;3*1-5H;1-4H;1-4H,(H,8,9);3,6H,1-2H3;;;;;;/q-1;;5*-1;;;;;;;;. The number of aromatic carboxylic acids is 1. The van der Waals surface area contributed by atoms with E-state index in [9.17, 15) is 19.5 Å². The van der Waals surface area contributed by atoms with Gasteiger partial charge in [-0.25, -0.2) is 50.6 Å². The SMILES string of the molecule is CC(=O)C=C(C)O.CC(C)(C)C(=O)C=C(O)C(C)(C)C.O=C(O)c1ccccn1.[Ir].[Ir].[Ir].[Ir].[Ir].[Ir].[c-]1cc2ccccc2n1-c1ccccn1.[c-]1nccn1-c1ccccn1.[c-]1nncn1-c1ccccn1.[c-]1nncn1-c1ccccn1.[c-]1nncn1-c1ccccn1.[c-]1nncn1-c1cnccn1. The number of ketones is 2. The van der Waals surface area contributed by atoms with E-state index in [-0.39, 0.29) is 155 Å². The fraction of sp³-hybridized carbons (Fsp3) is 0.143. The van der Waals surface area contributed by atoms with Gasteiger partial charge < -0.3 is 62.7 Å². The van der Waals surface area contributed by atoms with Crippen LogP contribution in [0.3, 0.4) is 0 Å². The monoisotopic (exact) mass is 2480 g/mol. The number of allylic oxidation sites excluding steroid dienone is 4. The molecule has 0 spiro atoms. The molecular weight excluding hydrogens is 2410 g/mol. The number of carbonyl (C=O) groups is 3. The zero-order chi connectivity index (χ0) is 71.1. The number of para-hydroxylation sites is 1. The third-order valence-electron chi connectivity index (χ3n) is 11.8. The molecule has 0 atom stereocenters. The summed E-state index contributed by atoms with van der Waals surface area (Å²) in [6.07, 6.45) is 43.6. The molecule has 13 aromatic heterocycles. The third kappa shape index (κ3) is 36.0. The Kier molecular flexibility index (Phi) is 47.4. The second kappa shape index (κ2) is 52.3. The number of rotatable bonds is 9. The molecule has 0 bridgehead atoms. The number of imidazole rings is 1. The first-order valence-corrected chi connectivity index (χ1v) is 29.6. The Labute approximate surface area is 687 Å². The summed E-state index contributed by atoms with van der Waals surface area (Å²) in [4.78, 5) is 67.5. The zero-order valence-electron chi connectivity index (χ0n) is 56.9. The van der Waals surface area contributed by atoms with Crippen molar-refractivity contribution in [2.45, 2.75) is 55.4 Å². The van der Waals surface area contributed by atoms with Crippen molar-refractivity contribution in [1.29, 1.82) is 0 Å². The maximum atomic E-state index is 11.5. The molecule has 29 nitrogen and oxygen atoms in total. The molecular formula is C70H67Ir6N23O6-6. The quantitative estimate of drug-likeness (QED) is 0.0687. The van der Waals surface area contributed by atoms with E-state index in [4.69, 9.17) is 10.2 Å². The molecule has 0 aliphatic heterocycles. The second-order valence-electron chi connectivity index (χ2n) is 21.6. The Morgan fingerprint density at radius 3 is 1.10 bits per heavy atom. The van der Waals surface area contributed by atoms with Gasteiger partial charge in [0.1, 0.15) is 11.5 Å². The Hall–Kier alpha value is -9.70. The van der Waals surface area contributed by atoms with Crippen molar-refractivity contribution in [1.82, 2.24) is 113 Å². The van der Waals surface area contributed by atoms with Crippen molar-refractivity contribution >= 4 is 28.4 Å². The van der Waals surface area contributed by atoms with Crippen LogP contribution in [0.15, 0.2) is 257 Å². The van der Waals surface area contributed by atoms with E-state index in [0.717, 1.165) is 34.6 Å². The van der Waals surface area contributed by atoms with Crippen molar-refractivity contribution in [2.24, 2.45) is 10.8 Å².